The minimum absolute atomic E-state index is 0.816. The highest BCUT2D eigenvalue weighted by molar-refractivity contribution is 5.37. The van der Waals surface area contributed by atoms with Crippen molar-refractivity contribution in [3.63, 3.8) is 0 Å². The van der Waals surface area contributed by atoms with E-state index >= 15 is 0 Å². The lowest BCUT2D eigenvalue weighted by atomic mass is 10.1. The summed E-state index contributed by atoms with van der Waals surface area (Å²) in [5, 5.41) is 0. The lowest BCUT2D eigenvalue weighted by Crippen LogP contribution is -2.26. The second kappa shape index (κ2) is 4.67. The highest BCUT2D eigenvalue weighted by atomic mass is 16.5. The van der Waals surface area contributed by atoms with E-state index in [-0.39, 0.29) is 0 Å². The summed E-state index contributed by atoms with van der Waals surface area (Å²) in [4.78, 5) is 2.46. The van der Waals surface area contributed by atoms with Crippen LogP contribution in [0, 0.1) is 6.92 Å². The summed E-state index contributed by atoms with van der Waals surface area (Å²) in [6.45, 7) is 8.41. The monoisotopic (exact) mass is 205 g/mol. The topological polar surface area (TPSA) is 12.5 Å². The fourth-order valence-electron chi connectivity index (χ4n) is 2.08. The van der Waals surface area contributed by atoms with Crippen LogP contribution in [0.4, 0.5) is 0 Å². The highest BCUT2D eigenvalue weighted by Gasteiger charge is 2.14. The maximum absolute atomic E-state index is 5.74. The third-order valence-electron chi connectivity index (χ3n) is 2.81. The molecule has 0 bridgehead atoms. The van der Waals surface area contributed by atoms with Gasteiger partial charge < -0.3 is 4.74 Å². The van der Waals surface area contributed by atoms with Crippen molar-refractivity contribution in [2.45, 2.75) is 26.8 Å². The molecule has 2 rings (SSSR count). The maximum atomic E-state index is 5.74. The van der Waals surface area contributed by atoms with Gasteiger partial charge in [-0.15, -0.1) is 0 Å². The van der Waals surface area contributed by atoms with E-state index < -0.39 is 0 Å². The lowest BCUT2D eigenvalue weighted by Gasteiger charge is -2.17. The largest absolute Gasteiger partial charge is 0.492 e. The number of benzene rings is 1. The third kappa shape index (κ3) is 2.51. The molecule has 0 spiro atoms. The van der Waals surface area contributed by atoms with E-state index in [1.165, 1.54) is 17.5 Å². The average molecular weight is 205 g/mol. The van der Waals surface area contributed by atoms with Crippen LogP contribution < -0.4 is 4.74 Å². The SMILES string of the molecule is CCCN1CCOc2ccc(C)cc2C1. The molecule has 1 aromatic rings. The molecular weight excluding hydrogens is 186 g/mol. The van der Waals surface area contributed by atoms with Crippen molar-refractivity contribution < 1.29 is 4.74 Å². The van der Waals surface area contributed by atoms with Crippen molar-refractivity contribution >= 4 is 0 Å². The molecule has 0 amide bonds. The second-order valence-corrected chi connectivity index (χ2v) is 4.24. The Morgan fingerprint density at radius 3 is 3.07 bits per heavy atom. The van der Waals surface area contributed by atoms with Crippen LogP contribution in [0.2, 0.25) is 0 Å². The summed E-state index contributed by atoms with van der Waals surface area (Å²) in [6.07, 6.45) is 1.21. The molecule has 1 aliphatic heterocycles. The van der Waals surface area contributed by atoms with E-state index in [9.17, 15) is 0 Å². The van der Waals surface area contributed by atoms with Crippen LogP contribution in [0.15, 0.2) is 18.2 Å². The van der Waals surface area contributed by atoms with Gasteiger partial charge in [0.2, 0.25) is 0 Å². The minimum atomic E-state index is 0.816. The molecule has 15 heavy (non-hydrogen) atoms. The molecule has 0 saturated heterocycles. The van der Waals surface area contributed by atoms with E-state index in [0.717, 1.165) is 32.0 Å². The number of ether oxygens (including phenoxy) is 1. The van der Waals surface area contributed by atoms with Gasteiger partial charge in [-0.05, 0) is 26.0 Å². The number of rotatable bonds is 2. The van der Waals surface area contributed by atoms with Crippen molar-refractivity contribution in [2.75, 3.05) is 19.7 Å². The fourth-order valence-corrected chi connectivity index (χ4v) is 2.08. The van der Waals surface area contributed by atoms with Gasteiger partial charge in [-0.3, -0.25) is 4.90 Å². The second-order valence-electron chi connectivity index (χ2n) is 4.24. The summed E-state index contributed by atoms with van der Waals surface area (Å²) < 4.78 is 5.74. The van der Waals surface area contributed by atoms with Crippen molar-refractivity contribution in [3.05, 3.63) is 29.3 Å². The Labute approximate surface area is 91.9 Å². The molecule has 2 heteroatoms. The number of fused-ring (bicyclic) bond motifs is 1. The zero-order valence-corrected chi connectivity index (χ0v) is 9.62. The highest BCUT2D eigenvalue weighted by Crippen LogP contribution is 2.23. The zero-order chi connectivity index (χ0) is 10.7. The average Bonchev–Trinajstić information content (AvgIpc) is 2.39. The number of hydrogen-bond donors (Lipinski definition) is 0. The Kier molecular flexibility index (Phi) is 3.27. The number of nitrogens with zero attached hydrogens (tertiary/aromatic N) is 1. The van der Waals surface area contributed by atoms with Gasteiger partial charge in [0.25, 0.3) is 0 Å². The van der Waals surface area contributed by atoms with Gasteiger partial charge in [-0.1, -0.05) is 24.6 Å². The first-order valence-electron chi connectivity index (χ1n) is 5.74. The Balaban J connectivity index is 2.19. The van der Waals surface area contributed by atoms with Crippen molar-refractivity contribution in [2.24, 2.45) is 0 Å². The molecule has 2 nitrogen and oxygen atoms in total. The molecule has 82 valence electrons. The van der Waals surface area contributed by atoms with Gasteiger partial charge in [0.15, 0.2) is 0 Å². The molecule has 0 N–H and O–H groups in total. The summed E-state index contributed by atoms with van der Waals surface area (Å²) in [5.41, 5.74) is 2.65. The van der Waals surface area contributed by atoms with Crippen LogP contribution in [-0.4, -0.2) is 24.6 Å². The van der Waals surface area contributed by atoms with Gasteiger partial charge in [0, 0.05) is 18.7 Å². The molecule has 0 radical (unpaired) electrons. The standard InChI is InChI=1S/C13H19NO/c1-3-6-14-7-8-15-13-5-4-11(2)9-12(13)10-14/h4-5,9H,3,6-8,10H2,1-2H3. The predicted molar refractivity (Wildman–Crippen MR) is 62.2 cm³/mol. The molecule has 0 aliphatic carbocycles. The Hall–Kier alpha value is -1.02. The molecular formula is C13H19NO. The summed E-state index contributed by atoms with van der Waals surface area (Å²) in [6, 6.07) is 6.46. The van der Waals surface area contributed by atoms with E-state index in [1.54, 1.807) is 0 Å². The van der Waals surface area contributed by atoms with Gasteiger partial charge >= 0.3 is 0 Å². The smallest absolute Gasteiger partial charge is 0.123 e. The van der Waals surface area contributed by atoms with Crippen LogP contribution >= 0.6 is 0 Å². The molecule has 0 saturated carbocycles. The first-order valence-corrected chi connectivity index (χ1v) is 5.74. The quantitative estimate of drug-likeness (QED) is 0.736. The predicted octanol–water partition coefficient (Wildman–Crippen LogP) is 2.60. The molecule has 0 atom stereocenters. The van der Waals surface area contributed by atoms with E-state index in [1.807, 2.05) is 0 Å². The Morgan fingerprint density at radius 1 is 1.40 bits per heavy atom. The first-order chi connectivity index (χ1) is 7.29. The molecule has 1 heterocycles. The van der Waals surface area contributed by atoms with Crippen LogP contribution in [0.1, 0.15) is 24.5 Å². The third-order valence-corrected chi connectivity index (χ3v) is 2.81. The number of hydrogen-bond acceptors (Lipinski definition) is 2. The minimum Gasteiger partial charge on any atom is -0.492 e. The summed E-state index contributed by atoms with van der Waals surface area (Å²) in [7, 11) is 0. The van der Waals surface area contributed by atoms with Crippen molar-refractivity contribution in [1.82, 2.24) is 4.90 Å². The van der Waals surface area contributed by atoms with Crippen molar-refractivity contribution in [1.29, 1.82) is 0 Å². The maximum Gasteiger partial charge on any atom is 0.123 e. The molecule has 0 aromatic heterocycles. The van der Waals surface area contributed by atoms with Crippen LogP contribution in [0.3, 0.4) is 0 Å². The molecule has 0 unspecified atom stereocenters. The molecule has 0 fully saturated rings. The van der Waals surface area contributed by atoms with Crippen LogP contribution in [0.5, 0.6) is 5.75 Å². The summed E-state index contributed by atoms with van der Waals surface area (Å²) in [5.74, 6) is 1.07. The van der Waals surface area contributed by atoms with E-state index in [4.69, 9.17) is 4.74 Å². The fraction of sp³-hybridized carbons (Fsp3) is 0.538. The number of aryl methyl sites for hydroxylation is 1. The zero-order valence-electron chi connectivity index (χ0n) is 9.62. The Bertz CT molecular complexity index is 335. The van der Waals surface area contributed by atoms with Crippen LogP contribution in [0.25, 0.3) is 0 Å². The van der Waals surface area contributed by atoms with E-state index in [2.05, 4.69) is 36.9 Å². The normalized spacial score (nSPS) is 16.7. The molecule has 1 aliphatic rings. The summed E-state index contributed by atoms with van der Waals surface area (Å²) >= 11 is 0. The van der Waals surface area contributed by atoms with Gasteiger partial charge in [0.1, 0.15) is 12.4 Å². The van der Waals surface area contributed by atoms with Gasteiger partial charge in [-0.25, -0.2) is 0 Å². The van der Waals surface area contributed by atoms with Gasteiger partial charge in [0.05, 0.1) is 0 Å². The van der Waals surface area contributed by atoms with Crippen molar-refractivity contribution in [3.8, 4) is 5.75 Å². The Morgan fingerprint density at radius 2 is 2.27 bits per heavy atom. The van der Waals surface area contributed by atoms with Gasteiger partial charge in [-0.2, -0.15) is 0 Å². The lowest BCUT2D eigenvalue weighted by molar-refractivity contribution is 0.226. The van der Waals surface area contributed by atoms with Crippen LogP contribution in [-0.2, 0) is 6.54 Å². The molecule has 1 aromatic carbocycles. The van der Waals surface area contributed by atoms with E-state index in [0.29, 0.717) is 0 Å². The first kappa shape index (κ1) is 10.5.